The van der Waals surface area contributed by atoms with Crippen molar-refractivity contribution >= 4 is 17.3 Å². The number of aryl methyl sites for hydroxylation is 1. The molecule has 4 N–H and O–H groups in total. The topological polar surface area (TPSA) is 52.0 Å². The van der Waals surface area contributed by atoms with Gasteiger partial charge in [-0.3, -0.25) is 0 Å². The third kappa shape index (κ3) is 2.40. The van der Waals surface area contributed by atoms with Crippen molar-refractivity contribution in [1.82, 2.24) is 0 Å². The van der Waals surface area contributed by atoms with Gasteiger partial charge in [0, 0.05) is 10.7 Å². The van der Waals surface area contributed by atoms with Crippen molar-refractivity contribution in [2.24, 2.45) is 5.73 Å². The van der Waals surface area contributed by atoms with Crippen LogP contribution in [0.5, 0.6) is 0 Å². The van der Waals surface area contributed by atoms with Gasteiger partial charge in [-0.1, -0.05) is 17.7 Å². The minimum absolute atomic E-state index is 0.684. The van der Waals surface area contributed by atoms with E-state index < -0.39 is 0 Å². The van der Waals surface area contributed by atoms with E-state index in [9.17, 15) is 0 Å². The van der Waals surface area contributed by atoms with Crippen molar-refractivity contribution in [2.75, 3.05) is 12.3 Å². The minimum Gasteiger partial charge on any atom is -0.398 e. The van der Waals surface area contributed by atoms with E-state index in [0.717, 1.165) is 24.1 Å². The van der Waals surface area contributed by atoms with Gasteiger partial charge in [0.25, 0.3) is 0 Å². The van der Waals surface area contributed by atoms with Gasteiger partial charge in [0.05, 0.1) is 0 Å². The van der Waals surface area contributed by atoms with Crippen LogP contribution in [0.4, 0.5) is 5.69 Å². The van der Waals surface area contributed by atoms with E-state index in [-0.39, 0.29) is 0 Å². The maximum atomic E-state index is 5.75. The quantitative estimate of drug-likeness (QED) is 0.705. The molecular weight excluding hydrogens is 172 g/mol. The average Bonchev–Trinajstić information content (AvgIpc) is 2.03. The lowest BCUT2D eigenvalue weighted by Gasteiger charge is -2.04. The lowest BCUT2D eigenvalue weighted by atomic mass is 10.1. The molecule has 0 spiro atoms. The van der Waals surface area contributed by atoms with Gasteiger partial charge in [0.15, 0.2) is 0 Å². The lowest BCUT2D eigenvalue weighted by molar-refractivity contribution is 0.834. The van der Waals surface area contributed by atoms with Gasteiger partial charge in [-0.15, -0.1) is 0 Å². The normalized spacial score (nSPS) is 10.2. The molecule has 3 heteroatoms. The number of hydrogen-bond acceptors (Lipinski definition) is 2. The molecule has 1 aromatic carbocycles. The van der Waals surface area contributed by atoms with E-state index >= 15 is 0 Å². The second kappa shape index (κ2) is 4.33. The first-order chi connectivity index (χ1) is 5.74. The SMILES string of the molecule is NCCCc1ccc(Cl)cc1N. The van der Waals surface area contributed by atoms with Gasteiger partial charge in [-0.05, 0) is 37.1 Å². The number of anilines is 1. The molecule has 0 unspecified atom stereocenters. The summed E-state index contributed by atoms with van der Waals surface area (Å²) in [6.07, 6.45) is 1.89. The monoisotopic (exact) mass is 184 g/mol. The fraction of sp³-hybridized carbons (Fsp3) is 0.333. The molecule has 0 saturated carbocycles. The Hall–Kier alpha value is -0.730. The number of hydrogen-bond donors (Lipinski definition) is 2. The highest BCUT2D eigenvalue weighted by Gasteiger charge is 1.98. The molecule has 0 fully saturated rings. The van der Waals surface area contributed by atoms with E-state index in [2.05, 4.69) is 0 Å². The summed E-state index contributed by atoms with van der Waals surface area (Å²) in [6.45, 7) is 0.696. The Balaban J connectivity index is 2.72. The average molecular weight is 185 g/mol. The first-order valence-electron chi connectivity index (χ1n) is 3.98. The zero-order valence-electron chi connectivity index (χ0n) is 6.89. The van der Waals surface area contributed by atoms with Gasteiger partial charge < -0.3 is 11.5 Å². The van der Waals surface area contributed by atoms with Crippen LogP contribution in [0.3, 0.4) is 0 Å². The summed E-state index contributed by atoms with van der Waals surface area (Å²) < 4.78 is 0. The predicted molar refractivity (Wildman–Crippen MR) is 53.2 cm³/mol. The third-order valence-electron chi connectivity index (χ3n) is 1.76. The third-order valence-corrected chi connectivity index (χ3v) is 1.99. The van der Waals surface area contributed by atoms with Crippen molar-refractivity contribution < 1.29 is 0 Å². The van der Waals surface area contributed by atoms with Crippen LogP contribution < -0.4 is 11.5 Å². The first kappa shape index (κ1) is 9.36. The highest BCUT2D eigenvalue weighted by atomic mass is 35.5. The van der Waals surface area contributed by atoms with E-state index in [1.165, 1.54) is 0 Å². The van der Waals surface area contributed by atoms with Gasteiger partial charge in [-0.25, -0.2) is 0 Å². The standard InChI is InChI=1S/C9H13ClN2/c10-8-4-3-7(2-1-5-11)9(12)6-8/h3-4,6H,1-2,5,11-12H2. The smallest absolute Gasteiger partial charge is 0.0426 e. The second-order valence-corrected chi connectivity index (χ2v) is 3.17. The Morgan fingerprint density at radius 1 is 1.33 bits per heavy atom. The zero-order valence-corrected chi connectivity index (χ0v) is 7.64. The van der Waals surface area contributed by atoms with Crippen molar-refractivity contribution in [3.8, 4) is 0 Å². The van der Waals surface area contributed by atoms with Crippen LogP contribution in [0.15, 0.2) is 18.2 Å². The molecule has 0 atom stereocenters. The minimum atomic E-state index is 0.684. The molecular formula is C9H13ClN2. The molecule has 1 rings (SSSR count). The van der Waals surface area contributed by atoms with Gasteiger partial charge in [0.1, 0.15) is 0 Å². The highest BCUT2D eigenvalue weighted by molar-refractivity contribution is 6.30. The summed E-state index contributed by atoms with van der Waals surface area (Å²) in [7, 11) is 0. The van der Waals surface area contributed by atoms with Crippen molar-refractivity contribution in [1.29, 1.82) is 0 Å². The Morgan fingerprint density at radius 2 is 2.08 bits per heavy atom. The van der Waals surface area contributed by atoms with Gasteiger partial charge in [0.2, 0.25) is 0 Å². The molecule has 2 nitrogen and oxygen atoms in total. The van der Waals surface area contributed by atoms with Crippen molar-refractivity contribution in [3.63, 3.8) is 0 Å². The molecule has 0 aliphatic carbocycles. The van der Waals surface area contributed by atoms with E-state index in [0.29, 0.717) is 11.6 Å². The van der Waals surface area contributed by atoms with E-state index in [4.69, 9.17) is 23.1 Å². The maximum Gasteiger partial charge on any atom is 0.0426 e. The number of nitrogen functional groups attached to an aromatic ring is 1. The second-order valence-electron chi connectivity index (χ2n) is 2.74. The Morgan fingerprint density at radius 3 is 2.67 bits per heavy atom. The summed E-state index contributed by atoms with van der Waals surface area (Å²) in [6, 6.07) is 5.57. The first-order valence-corrected chi connectivity index (χ1v) is 4.36. The van der Waals surface area contributed by atoms with Gasteiger partial charge >= 0.3 is 0 Å². The molecule has 0 aliphatic heterocycles. The van der Waals surface area contributed by atoms with Crippen LogP contribution in [-0.4, -0.2) is 6.54 Å². The molecule has 0 heterocycles. The number of benzene rings is 1. The van der Waals surface area contributed by atoms with Crippen LogP contribution in [0.1, 0.15) is 12.0 Å². The van der Waals surface area contributed by atoms with Crippen molar-refractivity contribution in [2.45, 2.75) is 12.8 Å². The van der Waals surface area contributed by atoms with Crippen LogP contribution in [0, 0.1) is 0 Å². The molecule has 0 bridgehead atoms. The molecule has 0 aliphatic rings. The van der Waals surface area contributed by atoms with E-state index in [1.54, 1.807) is 6.07 Å². The van der Waals surface area contributed by atoms with Crippen LogP contribution >= 0.6 is 11.6 Å². The van der Waals surface area contributed by atoms with Crippen LogP contribution in [-0.2, 0) is 6.42 Å². The summed E-state index contributed by atoms with van der Waals surface area (Å²) in [4.78, 5) is 0. The molecule has 66 valence electrons. The summed E-state index contributed by atoms with van der Waals surface area (Å²) in [5.41, 5.74) is 13.0. The molecule has 0 saturated heterocycles. The zero-order chi connectivity index (χ0) is 8.97. The largest absolute Gasteiger partial charge is 0.398 e. The summed E-state index contributed by atoms with van der Waals surface area (Å²) in [5, 5.41) is 0.684. The maximum absolute atomic E-state index is 5.75. The van der Waals surface area contributed by atoms with Crippen LogP contribution in [0.2, 0.25) is 5.02 Å². The molecule has 1 aromatic rings. The molecule has 0 aromatic heterocycles. The Labute approximate surface area is 77.5 Å². The Kier molecular flexibility index (Phi) is 3.38. The predicted octanol–water partition coefficient (Wildman–Crippen LogP) is 1.81. The molecule has 0 amide bonds. The number of halogens is 1. The fourth-order valence-corrected chi connectivity index (χ4v) is 1.27. The lowest BCUT2D eigenvalue weighted by Crippen LogP contribution is -2.02. The van der Waals surface area contributed by atoms with Crippen LogP contribution in [0.25, 0.3) is 0 Å². The van der Waals surface area contributed by atoms with Gasteiger partial charge in [-0.2, -0.15) is 0 Å². The highest BCUT2D eigenvalue weighted by Crippen LogP contribution is 2.18. The van der Waals surface area contributed by atoms with E-state index in [1.807, 2.05) is 12.1 Å². The summed E-state index contributed by atoms with van der Waals surface area (Å²) in [5.74, 6) is 0. The fourth-order valence-electron chi connectivity index (χ4n) is 1.09. The number of nitrogens with two attached hydrogens (primary N) is 2. The Bertz CT molecular complexity index is 261. The molecule has 0 radical (unpaired) electrons. The van der Waals surface area contributed by atoms with Crippen molar-refractivity contribution in [3.05, 3.63) is 28.8 Å². The summed E-state index contributed by atoms with van der Waals surface area (Å²) >= 11 is 5.75. The molecule has 12 heavy (non-hydrogen) atoms. The number of rotatable bonds is 3.